The molecular weight excluding hydrogens is 249 g/mol. The lowest BCUT2D eigenvalue weighted by atomic mass is 10.1. The average molecular weight is 260 g/mol. The van der Waals surface area contributed by atoms with Gasteiger partial charge in [0.2, 0.25) is 5.91 Å². The highest BCUT2D eigenvalue weighted by atomic mass is 35.5. The summed E-state index contributed by atoms with van der Waals surface area (Å²) in [6.07, 6.45) is 1.43. The molecule has 1 fully saturated rings. The van der Waals surface area contributed by atoms with Crippen molar-refractivity contribution in [2.45, 2.75) is 12.8 Å². The van der Waals surface area contributed by atoms with Crippen molar-refractivity contribution in [2.75, 3.05) is 11.9 Å². The Morgan fingerprint density at radius 3 is 2.69 bits per heavy atom. The van der Waals surface area contributed by atoms with Crippen molar-refractivity contribution < 1.29 is 9.90 Å². The molecule has 1 saturated carbocycles. The van der Waals surface area contributed by atoms with E-state index in [1.807, 2.05) is 0 Å². The highest BCUT2D eigenvalue weighted by molar-refractivity contribution is 6.35. The Kier molecular flexibility index (Phi) is 3.10. The average Bonchev–Trinajstić information content (AvgIpc) is 3.04. The minimum atomic E-state index is -0.606. The van der Waals surface area contributed by atoms with Gasteiger partial charge in [0.25, 0.3) is 0 Å². The van der Waals surface area contributed by atoms with Crippen molar-refractivity contribution in [3.63, 3.8) is 0 Å². The highest BCUT2D eigenvalue weighted by Crippen LogP contribution is 2.46. The number of nitrogens with one attached hydrogen (secondary N) is 1. The number of aliphatic hydroxyl groups is 1. The van der Waals surface area contributed by atoms with Gasteiger partial charge in [0, 0.05) is 5.02 Å². The topological polar surface area (TPSA) is 49.3 Å². The molecular formula is C11H11Cl2NO2. The Hall–Kier alpha value is -0.770. The molecule has 0 bridgehead atoms. The molecule has 3 nitrogen and oxygen atoms in total. The minimum Gasteiger partial charge on any atom is -0.395 e. The fourth-order valence-corrected chi connectivity index (χ4v) is 1.79. The molecule has 0 spiro atoms. The number of hydrogen-bond acceptors (Lipinski definition) is 2. The van der Waals surface area contributed by atoms with Gasteiger partial charge in [-0.3, -0.25) is 4.79 Å². The quantitative estimate of drug-likeness (QED) is 0.877. The van der Waals surface area contributed by atoms with Crippen molar-refractivity contribution in [3.8, 4) is 0 Å². The van der Waals surface area contributed by atoms with Gasteiger partial charge >= 0.3 is 0 Å². The van der Waals surface area contributed by atoms with Gasteiger partial charge < -0.3 is 10.4 Å². The van der Waals surface area contributed by atoms with Crippen LogP contribution < -0.4 is 5.32 Å². The summed E-state index contributed by atoms with van der Waals surface area (Å²) in [6, 6.07) is 4.87. The van der Waals surface area contributed by atoms with Crippen LogP contribution in [-0.4, -0.2) is 17.6 Å². The number of rotatable bonds is 3. The molecule has 16 heavy (non-hydrogen) atoms. The number of hydrogen-bond donors (Lipinski definition) is 2. The Labute approximate surface area is 103 Å². The smallest absolute Gasteiger partial charge is 0.232 e. The van der Waals surface area contributed by atoms with Crippen LogP contribution >= 0.6 is 23.2 Å². The van der Waals surface area contributed by atoms with Crippen molar-refractivity contribution in [1.82, 2.24) is 0 Å². The second-order valence-corrected chi connectivity index (χ2v) is 4.86. The normalized spacial score (nSPS) is 16.9. The third kappa shape index (κ3) is 2.17. The monoisotopic (exact) mass is 259 g/mol. The Bertz CT molecular complexity index is 430. The summed E-state index contributed by atoms with van der Waals surface area (Å²) in [4.78, 5) is 11.8. The lowest BCUT2D eigenvalue weighted by molar-refractivity contribution is -0.122. The van der Waals surface area contributed by atoms with Crippen LogP contribution in [-0.2, 0) is 4.79 Å². The number of halogens is 2. The molecule has 1 aliphatic carbocycles. The largest absolute Gasteiger partial charge is 0.395 e. The van der Waals surface area contributed by atoms with Gasteiger partial charge in [0.05, 0.1) is 22.7 Å². The predicted molar refractivity (Wildman–Crippen MR) is 63.8 cm³/mol. The molecule has 0 heterocycles. The summed E-state index contributed by atoms with van der Waals surface area (Å²) >= 11 is 11.7. The van der Waals surface area contributed by atoms with Crippen molar-refractivity contribution in [3.05, 3.63) is 28.2 Å². The van der Waals surface area contributed by atoms with E-state index in [0.717, 1.165) is 0 Å². The zero-order chi connectivity index (χ0) is 11.8. The molecule has 86 valence electrons. The van der Waals surface area contributed by atoms with Crippen molar-refractivity contribution in [2.24, 2.45) is 5.41 Å². The Balaban J connectivity index is 2.15. The summed E-state index contributed by atoms with van der Waals surface area (Å²) in [6.45, 7) is -0.128. The van der Waals surface area contributed by atoms with Crippen LogP contribution in [0.15, 0.2) is 18.2 Å². The molecule has 0 saturated heterocycles. The van der Waals surface area contributed by atoms with Crippen LogP contribution in [0.5, 0.6) is 0 Å². The van der Waals surface area contributed by atoms with E-state index in [4.69, 9.17) is 28.3 Å². The second-order valence-electron chi connectivity index (χ2n) is 4.02. The maximum atomic E-state index is 11.8. The van der Waals surface area contributed by atoms with E-state index in [-0.39, 0.29) is 12.5 Å². The van der Waals surface area contributed by atoms with E-state index in [1.54, 1.807) is 18.2 Å². The predicted octanol–water partition coefficient (Wildman–Crippen LogP) is 2.70. The molecule has 2 rings (SSSR count). The Morgan fingerprint density at radius 2 is 2.12 bits per heavy atom. The van der Waals surface area contributed by atoms with Gasteiger partial charge in [0.1, 0.15) is 0 Å². The molecule has 1 aliphatic rings. The van der Waals surface area contributed by atoms with Gasteiger partial charge in [-0.1, -0.05) is 23.2 Å². The number of aliphatic hydroxyl groups excluding tert-OH is 1. The molecule has 0 aromatic heterocycles. The first-order valence-electron chi connectivity index (χ1n) is 4.95. The number of carbonyl (C=O) groups is 1. The first-order valence-corrected chi connectivity index (χ1v) is 5.70. The highest BCUT2D eigenvalue weighted by Gasteiger charge is 2.49. The molecule has 1 aromatic carbocycles. The van der Waals surface area contributed by atoms with Gasteiger partial charge in [0.15, 0.2) is 0 Å². The van der Waals surface area contributed by atoms with Crippen LogP contribution in [0.4, 0.5) is 5.69 Å². The van der Waals surface area contributed by atoms with Crippen LogP contribution in [0.25, 0.3) is 0 Å². The minimum absolute atomic E-state index is 0.128. The number of benzene rings is 1. The van der Waals surface area contributed by atoms with E-state index in [1.165, 1.54) is 0 Å². The van der Waals surface area contributed by atoms with Crippen LogP contribution in [0.2, 0.25) is 10.0 Å². The van der Waals surface area contributed by atoms with Gasteiger partial charge in [-0.2, -0.15) is 0 Å². The molecule has 1 amide bonds. The SMILES string of the molecule is O=C(Nc1cc(Cl)ccc1Cl)C1(CO)CC1. The summed E-state index contributed by atoms with van der Waals surface area (Å²) in [5.74, 6) is -0.195. The van der Waals surface area contributed by atoms with Crippen LogP contribution in [0, 0.1) is 5.41 Å². The fraction of sp³-hybridized carbons (Fsp3) is 0.364. The molecule has 1 aromatic rings. The molecule has 0 unspecified atom stereocenters. The van der Waals surface area contributed by atoms with E-state index in [2.05, 4.69) is 5.32 Å². The zero-order valence-corrected chi connectivity index (χ0v) is 9.98. The molecule has 0 aliphatic heterocycles. The number of anilines is 1. The lowest BCUT2D eigenvalue weighted by Crippen LogP contribution is -2.27. The summed E-state index contributed by atoms with van der Waals surface area (Å²) < 4.78 is 0. The molecule has 5 heteroatoms. The third-order valence-corrected chi connectivity index (χ3v) is 3.38. The number of carbonyl (C=O) groups excluding carboxylic acids is 1. The summed E-state index contributed by atoms with van der Waals surface area (Å²) in [7, 11) is 0. The maximum absolute atomic E-state index is 11.8. The Morgan fingerprint density at radius 1 is 1.44 bits per heavy atom. The van der Waals surface area contributed by atoms with Crippen molar-refractivity contribution in [1.29, 1.82) is 0 Å². The summed E-state index contributed by atoms with van der Waals surface area (Å²) in [5.41, 5.74) is -0.120. The lowest BCUT2D eigenvalue weighted by Gasteiger charge is -2.13. The fourth-order valence-electron chi connectivity index (χ4n) is 1.46. The van der Waals surface area contributed by atoms with E-state index < -0.39 is 5.41 Å². The molecule has 0 radical (unpaired) electrons. The first-order chi connectivity index (χ1) is 7.57. The van der Waals surface area contributed by atoms with Gasteiger partial charge in [-0.05, 0) is 31.0 Å². The zero-order valence-electron chi connectivity index (χ0n) is 8.46. The van der Waals surface area contributed by atoms with Crippen LogP contribution in [0.3, 0.4) is 0 Å². The van der Waals surface area contributed by atoms with Gasteiger partial charge in [-0.25, -0.2) is 0 Å². The third-order valence-electron chi connectivity index (χ3n) is 2.81. The summed E-state index contributed by atoms with van der Waals surface area (Å²) in [5, 5.41) is 12.7. The van der Waals surface area contributed by atoms with E-state index in [0.29, 0.717) is 28.6 Å². The number of amides is 1. The van der Waals surface area contributed by atoms with Crippen molar-refractivity contribution >= 4 is 34.8 Å². The van der Waals surface area contributed by atoms with Gasteiger partial charge in [-0.15, -0.1) is 0 Å². The van der Waals surface area contributed by atoms with E-state index in [9.17, 15) is 4.79 Å². The van der Waals surface area contributed by atoms with Crippen LogP contribution in [0.1, 0.15) is 12.8 Å². The second kappa shape index (κ2) is 4.24. The van der Waals surface area contributed by atoms with E-state index >= 15 is 0 Å². The first kappa shape index (κ1) is 11.7. The standard InChI is InChI=1S/C11H11Cl2NO2/c12-7-1-2-8(13)9(5-7)14-10(16)11(6-15)3-4-11/h1-2,5,15H,3-4,6H2,(H,14,16). The molecule has 2 N–H and O–H groups in total. The maximum Gasteiger partial charge on any atom is 0.232 e. The molecule has 0 atom stereocenters.